The molecule has 0 aromatic carbocycles. The van der Waals surface area contributed by atoms with Crippen LogP contribution in [0.5, 0.6) is 0 Å². The van der Waals surface area contributed by atoms with Crippen molar-refractivity contribution >= 4 is 11.9 Å². The van der Waals surface area contributed by atoms with Gasteiger partial charge in [-0.15, -0.1) is 0 Å². The summed E-state index contributed by atoms with van der Waals surface area (Å²) in [6.07, 6.45) is 5.22. The standard InChI is InChI=1S/C14H25N3O2/c1-10(2)9-12-13(18)17(14(19)16-12)8-6-11-5-3-4-7-15-11/h10-12,15H,3-9H2,1-2H3,(H,16,19). The molecule has 108 valence electrons. The van der Waals surface area contributed by atoms with Crippen LogP contribution < -0.4 is 10.6 Å². The molecule has 5 nitrogen and oxygen atoms in total. The summed E-state index contributed by atoms with van der Waals surface area (Å²) < 4.78 is 0. The van der Waals surface area contributed by atoms with Gasteiger partial charge in [0.05, 0.1) is 0 Å². The lowest BCUT2D eigenvalue weighted by molar-refractivity contribution is -0.127. The average Bonchev–Trinajstić information content (AvgIpc) is 2.63. The molecule has 2 saturated heterocycles. The minimum absolute atomic E-state index is 0.0468. The highest BCUT2D eigenvalue weighted by Gasteiger charge is 2.37. The number of imide groups is 1. The van der Waals surface area contributed by atoms with E-state index in [0.29, 0.717) is 18.5 Å². The third kappa shape index (κ3) is 3.69. The van der Waals surface area contributed by atoms with Gasteiger partial charge in [0.1, 0.15) is 6.04 Å². The molecule has 2 aliphatic rings. The predicted molar refractivity (Wildman–Crippen MR) is 73.7 cm³/mol. The van der Waals surface area contributed by atoms with E-state index in [9.17, 15) is 9.59 Å². The second-order valence-corrected chi connectivity index (χ2v) is 6.06. The van der Waals surface area contributed by atoms with Crippen LogP contribution in [0, 0.1) is 5.92 Å². The Morgan fingerprint density at radius 2 is 2.11 bits per heavy atom. The van der Waals surface area contributed by atoms with Crippen LogP contribution in [0.3, 0.4) is 0 Å². The Morgan fingerprint density at radius 1 is 1.32 bits per heavy atom. The van der Waals surface area contributed by atoms with Gasteiger partial charge in [-0.3, -0.25) is 9.69 Å². The van der Waals surface area contributed by atoms with Gasteiger partial charge in [0, 0.05) is 12.6 Å². The van der Waals surface area contributed by atoms with Gasteiger partial charge in [-0.05, 0) is 38.1 Å². The summed E-state index contributed by atoms with van der Waals surface area (Å²) in [5.41, 5.74) is 0. The van der Waals surface area contributed by atoms with Crippen LogP contribution in [0.25, 0.3) is 0 Å². The molecule has 0 saturated carbocycles. The number of rotatable bonds is 5. The zero-order valence-electron chi connectivity index (χ0n) is 11.9. The molecule has 3 amide bonds. The van der Waals surface area contributed by atoms with E-state index in [-0.39, 0.29) is 18.0 Å². The number of nitrogens with zero attached hydrogens (tertiary/aromatic N) is 1. The maximum absolute atomic E-state index is 12.1. The van der Waals surface area contributed by atoms with Gasteiger partial charge in [0.25, 0.3) is 5.91 Å². The van der Waals surface area contributed by atoms with Crippen LogP contribution in [-0.4, -0.2) is 42.0 Å². The highest BCUT2D eigenvalue weighted by atomic mass is 16.2. The first kappa shape index (κ1) is 14.3. The van der Waals surface area contributed by atoms with Crippen molar-refractivity contribution in [3.05, 3.63) is 0 Å². The first-order valence-electron chi connectivity index (χ1n) is 7.43. The molecule has 0 bridgehead atoms. The Morgan fingerprint density at radius 3 is 2.74 bits per heavy atom. The number of hydrogen-bond acceptors (Lipinski definition) is 3. The van der Waals surface area contributed by atoms with Crippen molar-refractivity contribution in [1.29, 1.82) is 0 Å². The molecule has 2 aliphatic heterocycles. The monoisotopic (exact) mass is 267 g/mol. The van der Waals surface area contributed by atoms with E-state index in [4.69, 9.17) is 0 Å². The maximum Gasteiger partial charge on any atom is 0.324 e. The molecular formula is C14H25N3O2. The quantitative estimate of drug-likeness (QED) is 0.742. The van der Waals surface area contributed by atoms with Crippen LogP contribution in [-0.2, 0) is 4.79 Å². The van der Waals surface area contributed by atoms with Crippen LogP contribution in [0.4, 0.5) is 4.79 Å². The predicted octanol–water partition coefficient (Wildman–Crippen LogP) is 1.49. The Hall–Kier alpha value is -1.10. The van der Waals surface area contributed by atoms with Crippen LogP contribution in [0.2, 0.25) is 0 Å². The molecule has 0 radical (unpaired) electrons. The van der Waals surface area contributed by atoms with Crippen molar-refractivity contribution in [1.82, 2.24) is 15.5 Å². The fraction of sp³-hybridized carbons (Fsp3) is 0.857. The molecular weight excluding hydrogens is 242 g/mol. The van der Waals surface area contributed by atoms with Gasteiger partial charge in [0.2, 0.25) is 0 Å². The fourth-order valence-electron chi connectivity index (χ4n) is 2.88. The minimum Gasteiger partial charge on any atom is -0.326 e. The maximum atomic E-state index is 12.1. The van der Waals surface area contributed by atoms with E-state index in [1.807, 2.05) is 0 Å². The van der Waals surface area contributed by atoms with Crippen molar-refractivity contribution in [2.24, 2.45) is 5.92 Å². The highest BCUT2D eigenvalue weighted by Crippen LogP contribution is 2.16. The number of amides is 3. The molecule has 2 rings (SSSR count). The van der Waals surface area contributed by atoms with Crippen molar-refractivity contribution in [2.75, 3.05) is 13.1 Å². The van der Waals surface area contributed by atoms with Crippen molar-refractivity contribution in [3.63, 3.8) is 0 Å². The number of carbonyl (C=O) groups is 2. The summed E-state index contributed by atoms with van der Waals surface area (Å²) in [5, 5.41) is 6.24. The summed E-state index contributed by atoms with van der Waals surface area (Å²) >= 11 is 0. The van der Waals surface area contributed by atoms with Crippen LogP contribution >= 0.6 is 0 Å². The Balaban J connectivity index is 1.82. The molecule has 2 unspecified atom stereocenters. The number of nitrogens with one attached hydrogen (secondary N) is 2. The zero-order chi connectivity index (χ0) is 13.8. The lowest BCUT2D eigenvalue weighted by Crippen LogP contribution is -2.39. The largest absolute Gasteiger partial charge is 0.326 e. The lowest BCUT2D eigenvalue weighted by atomic mass is 10.0. The first-order chi connectivity index (χ1) is 9.08. The number of urea groups is 1. The normalized spacial score (nSPS) is 28.1. The van der Waals surface area contributed by atoms with Crippen molar-refractivity contribution < 1.29 is 9.59 Å². The topological polar surface area (TPSA) is 61.4 Å². The molecule has 2 N–H and O–H groups in total. The van der Waals surface area contributed by atoms with E-state index < -0.39 is 0 Å². The van der Waals surface area contributed by atoms with Gasteiger partial charge in [-0.1, -0.05) is 20.3 Å². The molecule has 0 aliphatic carbocycles. The van der Waals surface area contributed by atoms with Gasteiger partial charge in [0.15, 0.2) is 0 Å². The van der Waals surface area contributed by atoms with Gasteiger partial charge >= 0.3 is 6.03 Å². The van der Waals surface area contributed by atoms with Crippen LogP contribution in [0.1, 0.15) is 46.0 Å². The average molecular weight is 267 g/mol. The zero-order valence-corrected chi connectivity index (χ0v) is 11.9. The molecule has 2 heterocycles. The summed E-state index contributed by atoms with van der Waals surface area (Å²) in [7, 11) is 0. The highest BCUT2D eigenvalue weighted by molar-refractivity contribution is 6.04. The number of hydrogen-bond donors (Lipinski definition) is 2. The molecule has 2 atom stereocenters. The summed E-state index contributed by atoms with van der Waals surface area (Å²) in [6, 6.07) is -0.0724. The van der Waals surface area contributed by atoms with Crippen molar-refractivity contribution in [2.45, 2.75) is 58.0 Å². The first-order valence-corrected chi connectivity index (χ1v) is 7.43. The second kappa shape index (κ2) is 6.37. The molecule has 2 fully saturated rings. The van der Waals surface area contributed by atoms with E-state index in [1.54, 1.807) is 0 Å². The molecule has 0 aromatic heterocycles. The summed E-state index contributed by atoms with van der Waals surface area (Å²) in [4.78, 5) is 25.4. The van der Waals surface area contributed by atoms with E-state index in [0.717, 1.165) is 25.8 Å². The van der Waals surface area contributed by atoms with E-state index in [2.05, 4.69) is 24.5 Å². The lowest BCUT2D eigenvalue weighted by Gasteiger charge is -2.24. The SMILES string of the molecule is CC(C)CC1NC(=O)N(CCC2CCCCN2)C1=O. The Kier molecular flexibility index (Phi) is 4.80. The summed E-state index contributed by atoms with van der Waals surface area (Å²) in [6.45, 7) is 5.72. The molecule has 0 spiro atoms. The van der Waals surface area contributed by atoms with Crippen LogP contribution in [0.15, 0.2) is 0 Å². The molecule has 0 aromatic rings. The van der Waals surface area contributed by atoms with Gasteiger partial charge < -0.3 is 10.6 Å². The Bertz CT molecular complexity index is 338. The number of piperidine rings is 1. The molecule has 19 heavy (non-hydrogen) atoms. The second-order valence-electron chi connectivity index (χ2n) is 6.06. The van der Waals surface area contributed by atoms with E-state index >= 15 is 0 Å². The molecule has 5 heteroatoms. The Labute approximate surface area is 115 Å². The smallest absolute Gasteiger partial charge is 0.324 e. The van der Waals surface area contributed by atoms with E-state index in [1.165, 1.54) is 17.7 Å². The van der Waals surface area contributed by atoms with Crippen molar-refractivity contribution in [3.8, 4) is 0 Å². The number of carbonyl (C=O) groups excluding carboxylic acids is 2. The van der Waals surface area contributed by atoms with Gasteiger partial charge in [-0.25, -0.2) is 4.79 Å². The summed E-state index contributed by atoms with van der Waals surface area (Å²) in [5.74, 6) is 0.365. The van der Waals surface area contributed by atoms with Gasteiger partial charge in [-0.2, -0.15) is 0 Å². The fourth-order valence-corrected chi connectivity index (χ4v) is 2.88. The third-order valence-electron chi connectivity index (χ3n) is 3.93. The third-order valence-corrected chi connectivity index (χ3v) is 3.93. The minimum atomic E-state index is -0.313.